The van der Waals surface area contributed by atoms with Gasteiger partial charge in [0.2, 0.25) is 23.7 Å². The summed E-state index contributed by atoms with van der Waals surface area (Å²) in [6.45, 7) is 11.9. The van der Waals surface area contributed by atoms with Gasteiger partial charge in [-0.15, -0.1) is 0 Å². The molecule has 21 heteroatoms. The number of carbonyl (C=O) groups is 4. The lowest BCUT2D eigenvalue weighted by molar-refractivity contribution is 0.0991. The fraction of sp³-hybridized carbons (Fsp3) is 0.350. The first-order valence-electron chi connectivity index (χ1n) is 19.4. The summed E-state index contributed by atoms with van der Waals surface area (Å²) < 4.78 is 36.0. The van der Waals surface area contributed by atoms with E-state index in [0.717, 1.165) is 0 Å². The van der Waals surface area contributed by atoms with E-state index in [1.165, 1.54) is 44.7 Å². The van der Waals surface area contributed by atoms with Gasteiger partial charge in [0.05, 0.1) is 42.7 Å². The van der Waals surface area contributed by atoms with E-state index in [1.54, 1.807) is 44.5 Å². The van der Waals surface area contributed by atoms with Gasteiger partial charge in [0.1, 0.15) is 33.9 Å². The number of benzene rings is 2. The normalized spacial score (nSPS) is 11.8. The Morgan fingerprint density at radius 1 is 0.721 bits per heavy atom. The molecule has 6 rings (SSSR count). The van der Waals surface area contributed by atoms with Crippen LogP contribution in [0.2, 0.25) is 0 Å². The number of imidazole rings is 2. The standard InChI is InChI=1S/C40H49N12O8P/c1-8-51-29(17-23(3)47-51)37(55)45-39-43-27-19-25(35(41)53)21-31(58-5)33(27)49(39)13-10-11-14-50-34-28(44-40(50)46-38(56)30-18-24(4)48-52(30)9-2)20-26(36(42)54)22-32(34)59-15-12-16-60-61(6,7)57/h10-11,17-22H,8-9,12-16H2,1-7H3,(H2,41,53)(H2,42,54)(H,43,45,55)(H,44,46,56)/b11-10+. The van der Waals surface area contributed by atoms with Gasteiger partial charge in [-0.1, -0.05) is 12.2 Å². The molecule has 61 heavy (non-hydrogen) atoms. The van der Waals surface area contributed by atoms with Gasteiger partial charge in [0, 0.05) is 57.1 Å². The van der Waals surface area contributed by atoms with Crippen molar-refractivity contribution in [1.29, 1.82) is 0 Å². The number of nitrogens with two attached hydrogens (primary N) is 2. The van der Waals surface area contributed by atoms with Crippen molar-refractivity contribution >= 4 is 65.0 Å². The molecule has 20 nitrogen and oxygen atoms in total. The predicted octanol–water partition coefficient (Wildman–Crippen LogP) is 4.73. The summed E-state index contributed by atoms with van der Waals surface area (Å²) in [6, 6.07) is 9.38. The number of nitrogens with one attached hydrogen (secondary N) is 2. The first-order chi connectivity index (χ1) is 29.0. The van der Waals surface area contributed by atoms with E-state index < -0.39 is 31.0 Å². The Morgan fingerprint density at radius 3 is 1.61 bits per heavy atom. The minimum Gasteiger partial charge on any atom is -0.494 e. The second-order valence-electron chi connectivity index (χ2n) is 14.3. The highest BCUT2D eigenvalue weighted by Gasteiger charge is 2.24. The number of amides is 4. The summed E-state index contributed by atoms with van der Waals surface area (Å²) >= 11 is 0. The van der Waals surface area contributed by atoms with E-state index in [0.29, 0.717) is 70.1 Å². The minimum absolute atomic E-state index is 0.120. The zero-order valence-corrected chi connectivity index (χ0v) is 35.9. The first-order valence-corrected chi connectivity index (χ1v) is 21.9. The molecule has 0 aliphatic heterocycles. The maximum absolute atomic E-state index is 13.8. The molecular formula is C40H49N12O8P. The number of nitrogens with zero attached hydrogens (tertiary/aromatic N) is 8. The number of aryl methyl sites for hydroxylation is 4. The van der Waals surface area contributed by atoms with Gasteiger partial charge in [0.25, 0.3) is 11.8 Å². The summed E-state index contributed by atoms with van der Waals surface area (Å²) in [5.74, 6) is -1.44. The van der Waals surface area contributed by atoms with E-state index in [9.17, 15) is 23.7 Å². The number of primary amides is 2. The van der Waals surface area contributed by atoms with E-state index in [-0.39, 0.29) is 55.1 Å². The number of anilines is 2. The highest BCUT2D eigenvalue weighted by Crippen LogP contribution is 2.37. The topological polar surface area (TPSA) is 260 Å². The van der Waals surface area contributed by atoms with Crippen molar-refractivity contribution < 1.29 is 37.7 Å². The van der Waals surface area contributed by atoms with Crippen LogP contribution in [0.1, 0.15) is 73.3 Å². The number of rotatable bonds is 19. The van der Waals surface area contributed by atoms with E-state index in [4.69, 9.17) is 30.4 Å². The largest absolute Gasteiger partial charge is 0.494 e. The highest BCUT2D eigenvalue weighted by molar-refractivity contribution is 7.57. The molecule has 0 atom stereocenters. The van der Waals surface area contributed by atoms with Crippen LogP contribution >= 0.6 is 7.37 Å². The maximum Gasteiger partial charge on any atom is 0.276 e. The van der Waals surface area contributed by atoms with Gasteiger partial charge >= 0.3 is 0 Å². The van der Waals surface area contributed by atoms with Gasteiger partial charge in [-0.3, -0.25) is 43.7 Å². The second kappa shape index (κ2) is 18.2. The van der Waals surface area contributed by atoms with Crippen molar-refractivity contribution in [3.05, 3.63) is 82.5 Å². The number of allylic oxidation sites excluding steroid dienone is 2. The Balaban J connectivity index is 1.40. The van der Waals surface area contributed by atoms with Crippen molar-refractivity contribution in [3.63, 3.8) is 0 Å². The SMILES string of the molecule is CCn1nc(C)cc1C(=O)Nc1nc2cc(C(N)=O)cc(OC)c2n1C/C=C/Cn1c(NC(=O)c2cc(C)nn2CC)nc2cc(C(N)=O)cc(OCCCOP(C)(C)=O)c21. The summed E-state index contributed by atoms with van der Waals surface area (Å²) in [4.78, 5) is 61.5. The van der Waals surface area contributed by atoms with Crippen molar-refractivity contribution in [2.75, 3.05) is 44.3 Å². The molecule has 6 N–H and O–H groups in total. The van der Waals surface area contributed by atoms with E-state index >= 15 is 0 Å². The lowest BCUT2D eigenvalue weighted by atomic mass is 10.1. The van der Waals surface area contributed by atoms with Gasteiger partial charge in [-0.2, -0.15) is 10.2 Å². The summed E-state index contributed by atoms with van der Waals surface area (Å²) in [5.41, 5.74) is 15.2. The van der Waals surface area contributed by atoms with Crippen molar-refractivity contribution in [2.45, 2.75) is 60.3 Å². The third kappa shape index (κ3) is 9.82. The lowest BCUT2D eigenvalue weighted by Gasteiger charge is -2.14. The molecule has 6 aromatic rings. The smallest absolute Gasteiger partial charge is 0.276 e. The third-order valence-electron chi connectivity index (χ3n) is 9.41. The van der Waals surface area contributed by atoms with Gasteiger partial charge < -0.3 is 34.6 Å². The van der Waals surface area contributed by atoms with Crippen LogP contribution in [0, 0.1) is 13.8 Å². The number of aromatic nitrogens is 8. The Labute approximate surface area is 350 Å². The molecule has 322 valence electrons. The Morgan fingerprint density at radius 2 is 1.18 bits per heavy atom. The maximum atomic E-state index is 13.8. The lowest BCUT2D eigenvalue weighted by Crippen LogP contribution is -2.20. The van der Waals surface area contributed by atoms with Crippen LogP contribution < -0.4 is 31.6 Å². The van der Waals surface area contributed by atoms with E-state index in [2.05, 4.69) is 25.8 Å². The third-order valence-corrected chi connectivity index (χ3v) is 10.2. The number of methoxy groups -OCH3 is 1. The van der Waals surface area contributed by atoms with Crippen molar-refractivity contribution in [3.8, 4) is 11.5 Å². The summed E-state index contributed by atoms with van der Waals surface area (Å²) in [5, 5.41) is 14.6. The Kier molecular flexibility index (Phi) is 13.1. The zero-order chi connectivity index (χ0) is 44.2. The summed E-state index contributed by atoms with van der Waals surface area (Å²) in [6.07, 6.45) is 4.01. The summed E-state index contributed by atoms with van der Waals surface area (Å²) in [7, 11) is -1.26. The van der Waals surface area contributed by atoms with Crippen molar-refractivity contribution in [1.82, 2.24) is 38.7 Å². The fourth-order valence-corrected chi connectivity index (χ4v) is 7.28. The van der Waals surface area contributed by atoms with Crippen LogP contribution in [-0.4, -0.2) is 95.9 Å². The zero-order valence-electron chi connectivity index (χ0n) is 35.0. The molecule has 0 aliphatic rings. The molecule has 0 fully saturated rings. The second-order valence-corrected chi connectivity index (χ2v) is 17.1. The van der Waals surface area contributed by atoms with Crippen LogP contribution in [-0.2, 0) is 35.3 Å². The quantitative estimate of drug-likeness (QED) is 0.0490. The molecule has 0 unspecified atom stereocenters. The predicted molar refractivity (Wildman–Crippen MR) is 229 cm³/mol. The molecule has 0 aliphatic carbocycles. The average Bonchev–Trinajstić information content (AvgIpc) is 3.97. The van der Waals surface area contributed by atoms with Gasteiger partial charge in [-0.25, -0.2) is 9.97 Å². The molecule has 0 saturated carbocycles. The van der Waals surface area contributed by atoms with Crippen LogP contribution in [0.4, 0.5) is 11.9 Å². The fourth-order valence-electron chi connectivity index (χ4n) is 6.71. The number of hydrogen-bond donors (Lipinski definition) is 4. The molecule has 2 aromatic carbocycles. The molecule has 4 aromatic heterocycles. The van der Waals surface area contributed by atoms with Crippen LogP contribution in [0.15, 0.2) is 48.6 Å². The molecule has 0 saturated heterocycles. The highest BCUT2D eigenvalue weighted by atomic mass is 31.2. The Hall–Kier alpha value is -6.79. The molecule has 0 spiro atoms. The molecule has 0 radical (unpaired) electrons. The molecule has 4 amide bonds. The average molecular weight is 857 g/mol. The first kappa shape index (κ1) is 43.8. The van der Waals surface area contributed by atoms with Gasteiger partial charge in [0.15, 0.2) is 7.37 Å². The van der Waals surface area contributed by atoms with Crippen molar-refractivity contribution in [2.24, 2.45) is 11.5 Å². The monoisotopic (exact) mass is 856 g/mol. The minimum atomic E-state index is -2.71. The Bertz CT molecular complexity index is 2740. The number of carbonyl (C=O) groups excluding carboxylic acids is 4. The number of hydrogen-bond acceptors (Lipinski definition) is 12. The molecule has 4 heterocycles. The van der Waals surface area contributed by atoms with Crippen LogP contribution in [0.5, 0.6) is 11.5 Å². The van der Waals surface area contributed by atoms with Crippen LogP contribution in [0.3, 0.4) is 0 Å². The molecular weight excluding hydrogens is 807 g/mol. The molecule has 0 bridgehead atoms. The van der Waals surface area contributed by atoms with Gasteiger partial charge in [-0.05, 0) is 64.1 Å². The number of fused-ring (bicyclic) bond motifs is 2. The van der Waals surface area contributed by atoms with Crippen LogP contribution in [0.25, 0.3) is 22.1 Å². The number of ether oxygens (including phenoxy) is 2. The van der Waals surface area contributed by atoms with E-state index in [1.807, 2.05) is 26.0 Å².